The molecule has 146 valence electrons. The summed E-state index contributed by atoms with van der Waals surface area (Å²) in [6.45, 7) is 3.62. The maximum Gasteiger partial charge on any atom is 0.229 e. The lowest BCUT2D eigenvalue weighted by atomic mass is 9.73. The van der Waals surface area contributed by atoms with Crippen LogP contribution in [0.4, 0.5) is 4.39 Å². The molecule has 0 spiro atoms. The Balaban J connectivity index is 1.46. The number of oxime groups is 1. The average molecular weight is 376 g/mol. The van der Waals surface area contributed by atoms with E-state index in [9.17, 15) is 9.18 Å². The number of hydrogen-bond donors (Lipinski definition) is 0. The molecule has 7 heteroatoms. The van der Waals surface area contributed by atoms with Crippen LogP contribution in [0.2, 0.25) is 0 Å². The van der Waals surface area contributed by atoms with Crippen molar-refractivity contribution in [3.63, 3.8) is 0 Å². The summed E-state index contributed by atoms with van der Waals surface area (Å²) in [5.41, 5.74) is 0.992. The molecule has 0 aliphatic carbocycles. The van der Waals surface area contributed by atoms with Gasteiger partial charge in [-0.25, -0.2) is 4.39 Å². The molecule has 1 amide bonds. The highest BCUT2D eigenvalue weighted by Gasteiger charge is 2.45. The minimum Gasteiger partial charge on any atom is -0.392 e. The fraction of sp³-hybridized carbons (Fsp3) is 0.600. The van der Waals surface area contributed by atoms with E-state index in [1.54, 1.807) is 6.07 Å². The summed E-state index contributed by atoms with van der Waals surface area (Å²) in [6, 6.07) is 6.38. The van der Waals surface area contributed by atoms with E-state index >= 15 is 0 Å². The van der Waals surface area contributed by atoms with E-state index < -0.39 is 5.41 Å². The van der Waals surface area contributed by atoms with Crippen molar-refractivity contribution < 1.29 is 23.5 Å². The predicted octanol–water partition coefficient (Wildman–Crippen LogP) is 2.36. The Labute approximate surface area is 158 Å². The Kier molecular flexibility index (Phi) is 5.41. The summed E-state index contributed by atoms with van der Waals surface area (Å²) < 4.78 is 24.4. The quantitative estimate of drug-likeness (QED) is 0.810. The Morgan fingerprint density at radius 2 is 1.93 bits per heavy atom. The van der Waals surface area contributed by atoms with Crippen LogP contribution >= 0.6 is 0 Å². The fourth-order valence-electron chi connectivity index (χ4n) is 4.18. The van der Waals surface area contributed by atoms with Crippen LogP contribution in [-0.2, 0) is 19.1 Å². The number of benzene rings is 1. The van der Waals surface area contributed by atoms with Crippen molar-refractivity contribution in [2.24, 2.45) is 10.6 Å². The normalized spacial score (nSPS) is 25.0. The zero-order valence-electron chi connectivity index (χ0n) is 15.4. The number of carbonyl (C=O) groups is 1. The first-order valence-corrected chi connectivity index (χ1v) is 9.60. The molecular weight excluding hydrogens is 351 g/mol. The van der Waals surface area contributed by atoms with E-state index in [-0.39, 0.29) is 17.8 Å². The third-order valence-corrected chi connectivity index (χ3v) is 5.71. The predicted molar refractivity (Wildman–Crippen MR) is 96.9 cm³/mol. The van der Waals surface area contributed by atoms with Gasteiger partial charge in [0.25, 0.3) is 0 Å². The van der Waals surface area contributed by atoms with Crippen LogP contribution in [0.5, 0.6) is 0 Å². The maximum atomic E-state index is 13.5. The minimum absolute atomic E-state index is 0.175. The molecule has 0 aromatic heterocycles. The van der Waals surface area contributed by atoms with Crippen LogP contribution < -0.4 is 0 Å². The molecule has 2 saturated heterocycles. The van der Waals surface area contributed by atoms with E-state index in [1.807, 2.05) is 11.0 Å². The molecule has 0 saturated carbocycles. The van der Waals surface area contributed by atoms with Gasteiger partial charge in [0, 0.05) is 44.7 Å². The molecule has 27 heavy (non-hydrogen) atoms. The number of rotatable bonds is 4. The fourth-order valence-corrected chi connectivity index (χ4v) is 4.18. The van der Waals surface area contributed by atoms with Crippen molar-refractivity contribution in [1.82, 2.24) is 4.90 Å². The van der Waals surface area contributed by atoms with Crippen molar-refractivity contribution in [2.75, 3.05) is 39.5 Å². The zero-order chi connectivity index (χ0) is 18.7. The first kappa shape index (κ1) is 18.4. The van der Waals surface area contributed by atoms with Gasteiger partial charge in [-0.2, -0.15) is 0 Å². The summed E-state index contributed by atoms with van der Waals surface area (Å²) in [6.07, 6.45) is 2.40. The van der Waals surface area contributed by atoms with Crippen molar-refractivity contribution in [3.8, 4) is 0 Å². The van der Waals surface area contributed by atoms with Crippen LogP contribution in [0, 0.1) is 11.2 Å². The van der Waals surface area contributed by atoms with Crippen molar-refractivity contribution in [1.29, 1.82) is 0 Å². The van der Waals surface area contributed by atoms with Crippen LogP contribution in [0.3, 0.4) is 0 Å². The van der Waals surface area contributed by atoms with Gasteiger partial charge >= 0.3 is 0 Å². The third kappa shape index (κ3) is 3.99. The molecule has 1 aromatic rings. The van der Waals surface area contributed by atoms with E-state index in [4.69, 9.17) is 14.3 Å². The van der Waals surface area contributed by atoms with Gasteiger partial charge in [-0.15, -0.1) is 0 Å². The summed E-state index contributed by atoms with van der Waals surface area (Å²) in [5.74, 6) is -0.112. The molecule has 1 aromatic carbocycles. The smallest absolute Gasteiger partial charge is 0.229 e. The number of ether oxygens (including phenoxy) is 2. The lowest BCUT2D eigenvalue weighted by molar-refractivity contribution is -0.155. The zero-order valence-corrected chi connectivity index (χ0v) is 15.4. The molecule has 3 heterocycles. The van der Waals surface area contributed by atoms with Crippen molar-refractivity contribution in [3.05, 3.63) is 35.6 Å². The number of halogens is 1. The van der Waals surface area contributed by atoms with Gasteiger partial charge in [0.1, 0.15) is 11.9 Å². The maximum absolute atomic E-state index is 13.5. The van der Waals surface area contributed by atoms with Crippen LogP contribution in [0.1, 0.15) is 31.2 Å². The minimum atomic E-state index is -0.479. The second-order valence-corrected chi connectivity index (χ2v) is 7.48. The lowest BCUT2D eigenvalue weighted by Gasteiger charge is -2.41. The van der Waals surface area contributed by atoms with E-state index in [0.717, 1.165) is 11.3 Å². The molecule has 2 fully saturated rings. The SMILES string of the molecule is O=C(N1CCOCC1)C1(C[C@@H]2CC(c3cccc(F)c3)=NO2)CCOCC1. The van der Waals surface area contributed by atoms with Crippen LogP contribution in [0.15, 0.2) is 29.4 Å². The molecule has 3 aliphatic rings. The molecule has 0 unspecified atom stereocenters. The molecular formula is C20H25FN2O4. The molecule has 0 N–H and O–H groups in total. The number of hydrogen-bond acceptors (Lipinski definition) is 5. The second kappa shape index (κ2) is 7.94. The van der Waals surface area contributed by atoms with E-state index in [2.05, 4.69) is 5.16 Å². The first-order chi connectivity index (χ1) is 13.2. The summed E-state index contributed by atoms with van der Waals surface area (Å²) in [4.78, 5) is 20.9. The molecule has 4 rings (SSSR count). The van der Waals surface area contributed by atoms with Gasteiger partial charge < -0.3 is 19.2 Å². The van der Waals surface area contributed by atoms with Crippen LogP contribution in [0.25, 0.3) is 0 Å². The lowest BCUT2D eigenvalue weighted by Crippen LogP contribution is -2.51. The Morgan fingerprint density at radius 1 is 1.19 bits per heavy atom. The summed E-state index contributed by atoms with van der Waals surface area (Å²) >= 11 is 0. The molecule has 0 radical (unpaired) electrons. The third-order valence-electron chi connectivity index (χ3n) is 5.71. The monoisotopic (exact) mass is 376 g/mol. The highest BCUT2D eigenvalue weighted by molar-refractivity contribution is 6.01. The number of morpholine rings is 1. The van der Waals surface area contributed by atoms with Crippen LogP contribution in [-0.4, -0.2) is 62.1 Å². The van der Waals surface area contributed by atoms with Gasteiger partial charge in [0.15, 0.2) is 0 Å². The average Bonchev–Trinajstić information content (AvgIpc) is 3.17. The van der Waals surface area contributed by atoms with Gasteiger partial charge in [-0.1, -0.05) is 17.3 Å². The molecule has 0 bridgehead atoms. The van der Waals surface area contributed by atoms with E-state index in [0.29, 0.717) is 65.2 Å². The standard InChI is InChI=1S/C20H25FN2O4/c21-16-3-1-2-15(12-16)18-13-17(27-22-18)14-20(4-8-25-9-5-20)19(24)23-6-10-26-11-7-23/h1-3,12,17H,4-11,13-14H2/t17-/m0/s1. The summed E-state index contributed by atoms with van der Waals surface area (Å²) in [5, 5.41) is 4.17. The van der Waals surface area contributed by atoms with Gasteiger partial charge in [-0.3, -0.25) is 4.79 Å². The highest BCUT2D eigenvalue weighted by atomic mass is 19.1. The molecule has 1 atom stereocenters. The van der Waals surface area contributed by atoms with Crippen molar-refractivity contribution in [2.45, 2.75) is 31.8 Å². The van der Waals surface area contributed by atoms with Gasteiger partial charge in [0.2, 0.25) is 5.91 Å². The van der Waals surface area contributed by atoms with Gasteiger partial charge in [0.05, 0.1) is 24.3 Å². The van der Waals surface area contributed by atoms with Gasteiger partial charge in [-0.05, 0) is 25.0 Å². The topological polar surface area (TPSA) is 60.4 Å². The number of carbonyl (C=O) groups excluding carboxylic acids is 1. The summed E-state index contributed by atoms with van der Waals surface area (Å²) in [7, 11) is 0. The molecule has 3 aliphatic heterocycles. The highest BCUT2D eigenvalue weighted by Crippen LogP contribution is 2.40. The van der Waals surface area contributed by atoms with Crippen molar-refractivity contribution >= 4 is 11.6 Å². The number of nitrogens with zero attached hydrogens (tertiary/aromatic N) is 2. The Morgan fingerprint density at radius 3 is 2.67 bits per heavy atom. The largest absolute Gasteiger partial charge is 0.392 e. The molecule has 6 nitrogen and oxygen atoms in total. The second-order valence-electron chi connectivity index (χ2n) is 7.48. The Bertz CT molecular complexity index is 712. The van der Waals surface area contributed by atoms with E-state index in [1.165, 1.54) is 12.1 Å². The Hall–Kier alpha value is -1.99. The first-order valence-electron chi connectivity index (χ1n) is 9.60. The number of amides is 1.